The Bertz CT molecular complexity index is 376. The molecule has 19 heavy (non-hydrogen) atoms. The third-order valence-corrected chi connectivity index (χ3v) is 3.37. The molecule has 1 unspecified atom stereocenters. The van der Waals surface area contributed by atoms with E-state index in [-0.39, 0.29) is 24.5 Å². The van der Waals surface area contributed by atoms with E-state index < -0.39 is 5.97 Å². The average Bonchev–Trinajstić information content (AvgIpc) is 2.76. The number of nitrogens with zero attached hydrogens (tertiary/aromatic N) is 3. The molecule has 1 saturated heterocycles. The van der Waals surface area contributed by atoms with Crippen molar-refractivity contribution in [3.63, 3.8) is 0 Å². The van der Waals surface area contributed by atoms with Crippen LogP contribution in [0.25, 0.3) is 0 Å². The zero-order chi connectivity index (χ0) is 14.4. The van der Waals surface area contributed by atoms with Gasteiger partial charge in [-0.05, 0) is 26.7 Å². The second-order valence-electron chi connectivity index (χ2n) is 5.07. The van der Waals surface area contributed by atoms with Gasteiger partial charge in [0.25, 0.3) is 0 Å². The lowest BCUT2D eigenvalue weighted by Crippen LogP contribution is -2.49. The molecule has 6 nitrogen and oxygen atoms in total. The van der Waals surface area contributed by atoms with E-state index in [1.54, 1.807) is 9.80 Å². The molecule has 0 bridgehead atoms. The van der Waals surface area contributed by atoms with E-state index in [2.05, 4.69) is 0 Å². The fraction of sp³-hybridized carbons (Fsp3) is 0.769. The molecule has 0 aliphatic carbocycles. The summed E-state index contributed by atoms with van der Waals surface area (Å²) in [7, 11) is 0. The number of carbonyl (C=O) groups excluding carboxylic acids is 1. The number of nitriles is 1. The van der Waals surface area contributed by atoms with Crippen molar-refractivity contribution in [2.75, 3.05) is 13.1 Å². The smallest absolute Gasteiger partial charge is 0.320 e. The summed E-state index contributed by atoms with van der Waals surface area (Å²) in [6.45, 7) is 4.80. The maximum Gasteiger partial charge on any atom is 0.320 e. The number of aliphatic carboxylic acids is 1. The molecule has 0 aromatic heterocycles. The van der Waals surface area contributed by atoms with Gasteiger partial charge in [-0.15, -0.1) is 0 Å². The highest BCUT2D eigenvalue weighted by Crippen LogP contribution is 2.22. The number of hydrogen-bond donors (Lipinski definition) is 1. The Morgan fingerprint density at radius 1 is 1.53 bits per heavy atom. The maximum atomic E-state index is 12.4. The molecular formula is C13H21N3O3. The van der Waals surface area contributed by atoms with Crippen molar-refractivity contribution in [2.45, 2.75) is 51.6 Å². The Morgan fingerprint density at radius 3 is 2.74 bits per heavy atom. The fourth-order valence-corrected chi connectivity index (χ4v) is 2.41. The molecule has 1 heterocycles. The van der Waals surface area contributed by atoms with Gasteiger partial charge in [0.1, 0.15) is 0 Å². The van der Waals surface area contributed by atoms with Gasteiger partial charge in [0.2, 0.25) is 0 Å². The predicted molar refractivity (Wildman–Crippen MR) is 69.4 cm³/mol. The molecular weight excluding hydrogens is 246 g/mol. The Balaban J connectivity index is 2.72. The van der Waals surface area contributed by atoms with Crippen LogP contribution in [0.3, 0.4) is 0 Å². The van der Waals surface area contributed by atoms with Crippen molar-refractivity contribution in [3.05, 3.63) is 0 Å². The highest BCUT2D eigenvalue weighted by molar-refractivity contribution is 5.77. The van der Waals surface area contributed by atoms with Gasteiger partial charge in [-0.1, -0.05) is 0 Å². The monoisotopic (exact) mass is 267 g/mol. The second-order valence-corrected chi connectivity index (χ2v) is 5.07. The van der Waals surface area contributed by atoms with Crippen LogP contribution in [0.1, 0.15) is 39.5 Å². The number of carboxylic acids is 1. The first kappa shape index (κ1) is 15.3. The van der Waals surface area contributed by atoms with E-state index in [9.17, 15) is 9.59 Å². The van der Waals surface area contributed by atoms with Gasteiger partial charge in [0.05, 0.1) is 18.9 Å². The Morgan fingerprint density at radius 2 is 2.21 bits per heavy atom. The van der Waals surface area contributed by atoms with Crippen molar-refractivity contribution >= 4 is 12.0 Å². The lowest BCUT2D eigenvalue weighted by Gasteiger charge is -2.33. The summed E-state index contributed by atoms with van der Waals surface area (Å²) in [4.78, 5) is 26.5. The third kappa shape index (κ3) is 4.12. The number of likely N-dealkylation sites (tertiary alicyclic amines) is 1. The van der Waals surface area contributed by atoms with Crippen molar-refractivity contribution in [1.82, 2.24) is 9.80 Å². The van der Waals surface area contributed by atoms with Crippen LogP contribution < -0.4 is 0 Å². The number of urea groups is 1. The minimum absolute atomic E-state index is 0.00404. The van der Waals surface area contributed by atoms with E-state index >= 15 is 0 Å². The fourth-order valence-electron chi connectivity index (χ4n) is 2.41. The molecule has 106 valence electrons. The topological polar surface area (TPSA) is 84.6 Å². The molecule has 0 radical (unpaired) electrons. The van der Waals surface area contributed by atoms with Crippen molar-refractivity contribution in [2.24, 2.45) is 0 Å². The minimum atomic E-state index is -0.877. The summed E-state index contributed by atoms with van der Waals surface area (Å²) < 4.78 is 0. The normalized spacial score (nSPS) is 18.4. The summed E-state index contributed by atoms with van der Waals surface area (Å²) in [5.41, 5.74) is 0. The first-order chi connectivity index (χ1) is 8.97. The molecule has 1 rings (SSSR count). The SMILES string of the molecule is CC(C)N(CCC#N)C(=O)N1CCCC1CC(=O)O. The van der Waals surface area contributed by atoms with Gasteiger partial charge in [-0.3, -0.25) is 4.79 Å². The summed E-state index contributed by atoms with van der Waals surface area (Å²) >= 11 is 0. The van der Waals surface area contributed by atoms with E-state index in [1.165, 1.54) is 0 Å². The molecule has 0 saturated carbocycles. The van der Waals surface area contributed by atoms with Crippen molar-refractivity contribution < 1.29 is 14.7 Å². The largest absolute Gasteiger partial charge is 0.481 e. The van der Waals surface area contributed by atoms with Crippen LogP contribution >= 0.6 is 0 Å². The summed E-state index contributed by atoms with van der Waals surface area (Å²) in [5, 5.41) is 17.5. The average molecular weight is 267 g/mol. The molecule has 1 aliphatic heterocycles. The summed E-state index contributed by atoms with van der Waals surface area (Å²) in [6.07, 6.45) is 1.87. The molecule has 6 heteroatoms. The van der Waals surface area contributed by atoms with Crippen LogP contribution in [0.4, 0.5) is 4.79 Å². The van der Waals surface area contributed by atoms with Gasteiger partial charge < -0.3 is 14.9 Å². The number of carbonyl (C=O) groups is 2. The zero-order valence-electron chi connectivity index (χ0n) is 11.5. The molecule has 1 N–H and O–H groups in total. The molecule has 2 amide bonds. The third-order valence-electron chi connectivity index (χ3n) is 3.37. The Kier molecular flexibility index (Phi) is 5.61. The molecule has 1 aliphatic rings. The second kappa shape index (κ2) is 6.98. The standard InChI is InChI=1S/C13H21N3O3/c1-10(2)15(8-4-6-14)13(19)16-7-3-5-11(16)9-12(17)18/h10-11H,3-5,7-9H2,1-2H3,(H,17,18). The van der Waals surface area contributed by atoms with Gasteiger partial charge in [-0.2, -0.15) is 5.26 Å². The lowest BCUT2D eigenvalue weighted by atomic mass is 10.1. The van der Waals surface area contributed by atoms with Crippen LogP contribution in [0.2, 0.25) is 0 Å². The highest BCUT2D eigenvalue weighted by atomic mass is 16.4. The van der Waals surface area contributed by atoms with Crippen LogP contribution in [-0.2, 0) is 4.79 Å². The van der Waals surface area contributed by atoms with Gasteiger partial charge in [0, 0.05) is 25.2 Å². The molecule has 1 atom stereocenters. The van der Waals surface area contributed by atoms with Crippen LogP contribution in [0.5, 0.6) is 0 Å². The van der Waals surface area contributed by atoms with E-state index in [4.69, 9.17) is 10.4 Å². The van der Waals surface area contributed by atoms with E-state index in [0.29, 0.717) is 19.5 Å². The van der Waals surface area contributed by atoms with Crippen LogP contribution in [0.15, 0.2) is 0 Å². The van der Waals surface area contributed by atoms with Crippen LogP contribution in [0, 0.1) is 11.3 Å². The predicted octanol–water partition coefficient (Wildman–Crippen LogP) is 1.67. The van der Waals surface area contributed by atoms with Gasteiger partial charge in [0.15, 0.2) is 0 Å². The number of carboxylic acid groups (broad SMARTS) is 1. The quantitative estimate of drug-likeness (QED) is 0.821. The van der Waals surface area contributed by atoms with Crippen molar-refractivity contribution in [1.29, 1.82) is 5.26 Å². The molecule has 1 fully saturated rings. The minimum Gasteiger partial charge on any atom is -0.481 e. The maximum absolute atomic E-state index is 12.4. The number of amides is 2. The van der Waals surface area contributed by atoms with Gasteiger partial charge >= 0.3 is 12.0 Å². The van der Waals surface area contributed by atoms with Gasteiger partial charge in [-0.25, -0.2) is 4.79 Å². The highest BCUT2D eigenvalue weighted by Gasteiger charge is 2.33. The zero-order valence-corrected chi connectivity index (χ0v) is 11.5. The summed E-state index contributed by atoms with van der Waals surface area (Å²) in [5.74, 6) is -0.877. The number of rotatable bonds is 5. The first-order valence-electron chi connectivity index (χ1n) is 6.63. The van der Waals surface area contributed by atoms with Crippen molar-refractivity contribution in [3.8, 4) is 6.07 Å². The van der Waals surface area contributed by atoms with E-state index in [0.717, 1.165) is 12.8 Å². The Labute approximate surface area is 113 Å². The molecule has 0 aromatic rings. The van der Waals surface area contributed by atoms with E-state index in [1.807, 2.05) is 19.9 Å². The van der Waals surface area contributed by atoms with Crippen LogP contribution in [-0.4, -0.2) is 52.1 Å². The summed E-state index contributed by atoms with van der Waals surface area (Å²) in [6, 6.07) is 1.68. The number of hydrogen-bond acceptors (Lipinski definition) is 3. The molecule has 0 spiro atoms. The Hall–Kier alpha value is -1.77. The molecule has 0 aromatic carbocycles. The first-order valence-corrected chi connectivity index (χ1v) is 6.63. The lowest BCUT2D eigenvalue weighted by molar-refractivity contribution is -0.138.